The third-order valence-electron chi connectivity index (χ3n) is 2.14. The van der Waals surface area contributed by atoms with E-state index in [1.54, 1.807) is 0 Å². The molecule has 0 amide bonds. The van der Waals surface area contributed by atoms with Crippen LogP contribution in [-0.4, -0.2) is 37.2 Å². The van der Waals surface area contributed by atoms with Gasteiger partial charge in [-0.05, 0) is 19.4 Å². The van der Waals surface area contributed by atoms with Gasteiger partial charge >= 0.3 is 5.97 Å². The average molecular weight is 203 g/mol. The predicted octanol–water partition coefficient (Wildman–Crippen LogP) is 1.03. The average Bonchev–Trinajstić information content (AvgIpc) is 2.19. The zero-order chi connectivity index (χ0) is 9.52. The molecule has 1 aliphatic heterocycles. The number of nitrogens with one attached hydrogen (secondary N) is 1. The normalized spacial score (nSPS) is 22.7. The van der Waals surface area contributed by atoms with Gasteiger partial charge < -0.3 is 10.1 Å². The largest absolute Gasteiger partial charge is 0.469 e. The van der Waals surface area contributed by atoms with Gasteiger partial charge in [-0.3, -0.25) is 4.79 Å². The molecule has 1 heterocycles. The van der Waals surface area contributed by atoms with Crippen LogP contribution in [0.15, 0.2) is 0 Å². The first-order chi connectivity index (χ1) is 6.33. The number of thioether (sulfide) groups is 1. The van der Waals surface area contributed by atoms with Crippen molar-refractivity contribution in [2.24, 2.45) is 0 Å². The van der Waals surface area contributed by atoms with Gasteiger partial charge in [-0.25, -0.2) is 0 Å². The summed E-state index contributed by atoms with van der Waals surface area (Å²) in [5.41, 5.74) is 0. The molecule has 0 aromatic rings. The number of carbonyl (C=O) groups excluding carboxylic acids is 1. The molecule has 0 bridgehead atoms. The van der Waals surface area contributed by atoms with E-state index in [1.165, 1.54) is 20.0 Å². The zero-order valence-corrected chi connectivity index (χ0v) is 8.86. The third kappa shape index (κ3) is 4.52. The van der Waals surface area contributed by atoms with Gasteiger partial charge in [0.2, 0.25) is 0 Å². The first-order valence-corrected chi connectivity index (χ1v) is 5.77. The van der Waals surface area contributed by atoms with Crippen LogP contribution in [-0.2, 0) is 9.53 Å². The quantitative estimate of drug-likeness (QED) is 0.693. The molecule has 0 aromatic carbocycles. The molecule has 1 unspecified atom stereocenters. The van der Waals surface area contributed by atoms with Gasteiger partial charge in [-0.1, -0.05) is 0 Å². The fourth-order valence-electron chi connectivity index (χ4n) is 1.37. The highest BCUT2D eigenvalue weighted by Crippen LogP contribution is 2.18. The second kappa shape index (κ2) is 6.27. The van der Waals surface area contributed by atoms with Crippen LogP contribution in [0.25, 0.3) is 0 Å². The number of esters is 1. The summed E-state index contributed by atoms with van der Waals surface area (Å²) >= 11 is 1.88. The summed E-state index contributed by atoms with van der Waals surface area (Å²) in [6, 6.07) is 0. The summed E-state index contributed by atoms with van der Waals surface area (Å²) in [5.74, 6) is 0.787. The van der Waals surface area contributed by atoms with Crippen LogP contribution in [0.1, 0.15) is 19.3 Å². The fourth-order valence-corrected chi connectivity index (χ4v) is 2.56. The fraction of sp³-hybridized carbons (Fsp3) is 0.889. The van der Waals surface area contributed by atoms with Crippen molar-refractivity contribution >= 4 is 17.7 Å². The lowest BCUT2D eigenvalue weighted by Gasteiger charge is -2.21. The number of hydrogen-bond acceptors (Lipinski definition) is 4. The number of piperidine rings is 1. The van der Waals surface area contributed by atoms with Crippen LogP contribution in [0.2, 0.25) is 0 Å². The third-order valence-corrected chi connectivity index (χ3v) is 3.45. The zero-order valence-electron chi connectivity index (χ0n) is 8.04. The highest BCUT2D eigenvalue weighted by atomic mass is 32.2. The molecule has 4 heteroatoms. The van der Waals surface area contributed by atoms with Crippen molar-refractivity contribution in [2.45, 2.75) is 24.5 Å². The van der Waals surface area contributed by atoms with Crippen LogP contribution < -0.4 is 5.32 Å². The molecule has 1 fully saturated rings. The Morgan fingerprint density at radius 2 is 2.54 bits per heavy atom. The molecule has 1 saturated heterocycles. The summed E-state index contributed by atoms with van der Waals surface area (Å²) < 4.78 is 4.57. The second-order valence-electron chi connectivity index (χ2n) is 3.17. The Balaban J connectivity index is 2.01. The molecule has 76 valence electrons. The van der Waals surface area contributed by atoms with Crippen molar-refractivity contribution < 1.29 is 9.53 Å². The summed E-state index contributed by atoms with van der Waals surface area (Å²) in [7, 11) is 1.44. The maximum Gasteiger partial charge on any atom is 0.306 e. The predicted molar refractivity (Wildman–Crippen MR) is 55.0 cm³/mol. The number of rotatable bonds is 4. The molecule has 1 aliphatic rings. The lowest BCUT2D eigenvalue weighted by molar-refractivity contribution is -0.140. The molecule has 0 radical (unpaired) electrons. The Labute approximate surface area is 83.6 Å². The van der Waals surface area contributed by atoms with Crippen LogP contribution in [0.5, 0.6) is 0 Å². The standard InChI is InChI=1S/C9H17NO2S/c1-12-9(11)4-6-13-8-3-2-5-10-7-8/h8,10H,2-7H2,1H3. The second-order valence-corrected chi connectivity index (χ2v) is 4.57. The van der Waals surface area contributed by atoms with Crippen molar-refractivity contribution in [1.82, 2.24) is 5.32 Å². The summed E-state index contributed by atoms with van der Waals surface area (Å²) in [4.78, 5) is 10.8. The van der Waals surface area contributed by atoms with Gasteiger partial charge in [0.1, 0.15) is 0 Å². The summed E-state index contributed by atoms with van der Waals surface area (Å²) in [5, 5.41) is 4.04. The first-order valence-electron chi connectivity index (χ1n) is 4.72. The van der Waals surface area contributed by atoms with Gasteiger partial charge in [0.05, 0.1) is 13.5 Å². The number of carbonyl (C=O) groups is 1. The summed E-state index contributed by atoms with van der Waals surface area (Å²) in [6.45, 7) is 2.24. The molecular formula is C9H17NO2S. The van der Waals surface area contributed by atoms with Crippen LogP contribution in [0.3, 0.4) is 0 Å². The van der Waals surface area contributed by atoms with E-state index in [9.17, 15) is 4.79 Å². The van der Waals surface area contributed by atoms with Crippen molar-refractivity contribution in [1.29, 1.82) is 0 Å². The number of methoxy groups -OCH3 is 1. The number of hydrogen-bond donors (Lipinski definition) is 1. The van der Waals surface area contributed by atoms with E-state index in [-0.39, 0.29) is 5.97 Å². The molecule has 13 heavy (non-hydrogen) atoms. The maximum atomic E-state index is 10.8. The van der Waals surface area contributed by atoms with Gasteiger partial charge in [-0.15, -0.1) is 0 Å². The minimum atomic E-state index is -0.101. The minimum Gasteiger partial charge on any atom is -0.469 e. The van der Waals surface area contributed by atoms with Crippen molar-refractivity contribution in [3.8, 4) is 0 Å². The minimum absolute atomic E-state index is 0.101. The highest BCUT2D eigenvalue weighted by Gasteiger charge is 2.13. The van der Waals surface area contributed by atoms with E-state index in [0.29, 0.717) is 11.7 Å². The molecular weight excluding hydrogens is 186 g/mol. The molecule has 0 aromatic heterocycles. The van der Waals surface area contributed by atoms with E-state index in [0.717, 1.165) is 18.8 Å². The number of ether oxygens (including phenoxy) is 1. The lowest BCUT2D eigenvalue weighted by Crippen LogP contribution is -2.31. The Morgan fingerprint density at radius 3 is 3.15 bits per heavy atom. The van der Waals surface area contributed by atoms with E-state index in [2.05, 4.69) is 10.1 Å². The molecule has 1 N–H and O–H groups in total. The lowest BCUT2D eigenvalue weighted by atomic mass is 10.2. The van der Waals surface area contributed by atoms with Crippen LogP contribution in [0, 0.1) is 0 Å². The van der Waals surface area contributed by atoms with Gasteiger partial charge in [0.15, 0.2) is 0 Å². The Bertz CT molecular complexity index is 158. The Kier molecular flexibility index (Phi) is 5.23. The van der Waals surface area contributed by atoms with Crippen molar-refractivity contribution in [2.75, 3.05) is 26.0 Å². The van der Waals surface area contributed by atoms with Crippen molar-refractivity contribution in [3.63, 3.8) is 0 Å². The maximum absolute atomic E-state index is 10.8. The Hall–Kier alpha value is -0.220. The molecule has 1 atom stereocenters. The molecule has 0 saturated carbocycles. The van der Waals surface area contributed by atoms with E-state index < -0.39 is 0 Å². The van der Waals surface area contributed by atoms with Crippen LogP contribution >= 0.6 is 11.8 Å². The molecule has 0 aliphatic carbocycles. The summed E-state index contributed by atoms with van der Waals surface area (Å²) in [6.07, 6.45) is 3.08. The monoisotopic (exact) mass is 203 g/mol. The van der Waals surface area contributed by atoms with E-state index in [4.69, 9.17) is 0 Å². The molecule has 3 nitrogen and oxygen atoms in total. The Morgan fingerprint density at radius 1 is 1.69 bits per heavy atom. The molecule has 0 spiro atoms. The van der Waals surface area contributed by atoms with Gasteiger partial charge in [0, 0.05) is 17.5 Å². The van der Waals surface area contributed by atoms with Gasteiger partial charge in [0.25, 0.3) is 0 Å². The molecule has 1 rings (SSSR count). The smallest absolute Gasteiger partial charge is 0.306 e. The van der Waals surface area contributed by atoms with Gasteiger partial charge in [-0.2, -0.15) is 11.8 Å². The van der Waals surface area contributed by atoms with E-state index in [1.807, 2.05) is 11.8 Å². The van der Waals surface area contributed by atoms with Crippen molar-refractivity contribution in [3.05, 3.63) is 0 Å². The highest BCUT2D eigenvalue weighted by molar-refractivity contribution is 7.99. The SMILES string of the molecule is COC(=O)CCSC1CCCNC1. The first kappa shape index (κ1) is 10.9. The van der Waals surface area contributed by atoms with E-state index >= 15 is 0 Å². The topological polar surface area (TPSA) is 38.3 Å². The van der Waals surface area contributed by atoms with Crippen LogP contribution in [0.4, 0.5) is 0 Å².